The van der Waals surface area contributed by atoms with Crippen LogP contribution in [-0.4, -0.2) is 33.5 Å². The molecule has 1 saturated heterocycles. The van der Waals surface area contributed by atoms with Crippen LogP contribution in [0.3, 0.4) is 0 Å². The van der Waals surface area contributed by atoms with Gasteiger partial charge < -0.3 is 5.11 Å². The first-order valence-corrected chi connectivity index (χ1v) is 8.55. The van der Waals surface area contributed by atoms with Crippen LogP contribution in [0.15, 0.2) is 36.4 Å². The van der Waals surface area contributed by atoms with Gasteiger partial charge in [0, 0.05) is 5.39 Å². The highest BCUT2D eigenvalue weighted by molar-refractivity contribution is 5.78. The van der Waals surface area contributed by atoms with Gasteiger partial charge in [-0.2, -0.15) is 0 Å². The summed E-state index contributed by atoms with van der Waals surface area (Å²) >= 11 is 0. The molecule has 0 saturated carbocycles. The Morgan fingerprint density at radius 3 is 2.96 bits per heavy atom. The molecule has 0 amide bonds. The van der Waals surface area contributed by atoms with Gasteiger partial charge in [-0.15, -0.1) is 0 Å². The molecule has 2 aromatic rings. The first-order chi connectivity index (χ1) is 11.2. The Hall–Kier alpha value is -1.94. The number of hydrogen-bond acceptors (Lipinski definition) is 3. The highest BCUT2D eigenvalue weighted by atomic mass is 16.4. The zero-order valence-electron chi connectivity index (χ0n) is 13.6. The van der Waals surface area contributed by atoms with E-state index in [2.05, 4.69) is 30.0 Å². The number of aliphatic carboxylic acids is 1. The number of hydrogen-bond donors (Lipinski definition) is 1. The summed E-state index contributed by atoms with van der Waals surface area (Å²) in [6.45, 7) is 3.02. The lowest BCUT2D eigenvalue weighted by atomic mass is 10.0. The van der Waals surface area contributed by atoms with E-state index in [0.29, 0.717) is 0 Å². The van der Waals surface area contributed by atoms with Crippen LogP contribution in [-0.2, 0) is 4.79 Å². The highest BCUT2D eigenvalue weighted by Crippen LogP contribution is 2.33. The zero-order chi connectivity index (χ0) is 16.2. The summed E-state index contributed by atoms with van der Waals surface area (Å²) in [7, 11) is 0. The molecule has 0 bridgehead atoms. The van der Waals surface area contributed by atoms with Crippen molar-refractivity contribution in [3.05, 3.63) is 42.1 Å². The smallest absolute Gasteiger partial charge is 0.320 e. The van der Waals surface area contributed by atoms with E-state index in [9.17, 15) is 9.90 Å². The number of nitrogens with zero attached hydrogens (tertiary/aromatic N) is 2. The number of pyridine rings is 1. The van der Waals surface area contributed by atoms with Crippen LogP contribution in [0.1, 0.15) is 50.8 Å². The predicted molar refractivity (Wildman–Crippen MR) is 91.4 cm³/mol. The van der Waals surface area contributed by atoms with Crippen LogP contribution >= 0.6 is 0 Å². The molecule has 2 heterocycles. The number of likely N-dealkylation sites (tertiary alicyclic amines) is 1. The summed E-state index contributed by atoms with van der Waals surface area (Å²) < 4.78 is 0. The Kier molecular flexibility index (Phi) is 4.91. The second kappa shape index (κ2) is 7.09. The van der Waals surface area contributed by atoms with E-state index < -0.39 is 5.97 Å². The van der Waals surface area contributed by atoms with E-state index in [0.717, 1.165) is 55.2 Å². The molecule has 1 aromatic carbocycles. The minimum Gasteiger partial charge on any atom is -0.480 e. The summed E-state index contributed by atoms with van der Waals surface area (Å²) in [6.07, 6.45) is 4.85. The maximum absolute atomic E-state index is 11.6. The first kappa shape index (κ1) is 15.9. The average molecular weight is 312 g/mol. The maximum atomic E-state index is 11.6. The quantitative estimate of drug-likeness (QED) is 0.875. The summed E-state index contributed by atoms with van der Waals surface area (Å²) in [6, 6.07) is 12.0. The summed E-state index contributed by atoms with van der Waals surface area (Å²) in [5.74, 6) is -0.704. The zero-order valence-corrected chi connectivity index (χ0v) is 13.6. The van der Waals surface area contributed by atoms with Crippen LogP contribution in [0.4, 0.5) is 0 Å². The fraction of sp³-hybridized carbons (Fsp3) is 0.474. The molecule has 0 spiro atoms. The largest absolute Gasteiger partial charge is 0.480 e. The molecule has 0 radical (unpaired) electrons. The molecule has 1 aliphatic rings. The molecule has 1 aromatic heterocycles. The van der Waals surface area contributed by atoms with Gasteiger partial charge in [0.2, 0.25) is 0 Å². The molecule has 0 aliphatic carbocycles. The van der Waals surface area contributed by atoms with E-state index >= 15 is 0 Å². The third kappa shape index (κ3) is 3.37. The van der Waals surface area contributed by atoms with Gasteiger partial charge in [0.1, 0.15) is 6.04 Å². The monoisotopic (exact) mass is 312 g/mol. The van der Waals surface area contributed by atoms with Crippen molar-refractivity contribution in [3.63, 3.8) is 0 Å². The number of fused-ring (bicyclic) bond motifs is 1. The lowest BCUT2D eigenvalue weighted by Crippen LogP contribution is -2.39. The van der Waals surface area contributed by atoms with E-state index in [1.54, 1.807) is 0 Å². The van der Waals surface area contributed by atoms with Gasteiger partial charge in [0.15, 0.2) is 0 Å². The molecule has 4 nitrogen and oxygen atoms in total. The second-order valence-corrected chi connectivity index (χ2v) is 6.32. The summed E-state index contributed by atoms with van der Waals surface area (Å²) in [5, 5.41) is 10.6. The van der Waals surface area contributed by atoms with Crippen molar-refractivity contribution in [3.8, 4) is 0 Å². The fourth-order valence-corrected chi connectivity index (χ4v) is 3.58. The lowest BCUT2D eigenvalue weighted by molar-refractivity contribution is -0.143. The van der Waals surface area contributed by atoms with Gasteiger partial charge in [-0.05, 0) is 37.9 Å². The van der Waals surface area contributed by atoms with E-state index in [1.165, 1.54) is 0 Å². The van der Waals surface area contributed by atoms with Crippen LogP contribution in [0.25, 0.3) is 10.9 Å². The van der Waals surface area contributed by atoms with Crippen molar-refractivity contribution < 1.29 is 9.90 Å². The van der Waals surface area contributed by atoms with E-state index in [1.807, 2.05) is 18.2 Å². The van der Waals surface area contributed by atoms with Crippen molar-refractivity contribution in [2.75, 3.05) is 6.54 Å². The number of unbranched alkanes of at least 4 members (excludes halogenated alkanes) is 1. The normalized spacial score (nSPS) is 20.0. The predicted octanol–water partition coefficient (Wildman–Crippen LogP) is 4.02. The molecule has 1 aliphatic heterocycles. The molecule has 2 atom stereocenters. The van der Waals surface area contributed by atoms with Crippen LogP contribution in [0.2, 0.25) is 0 Å². The second-order valence-electron chi connectivity index (χ2n) is 6.32. The van der Waals surface area contributed by atoms with Gasteiger partial charge in [0.05, 0.1) is 17.3 Å². The Bertz CT molecular complexity index is 686. The van der Waals surface area contributed by atoms with Crippen LogP contribution in [0, 0.1) is 0 Å². The van der Waals surface area contributed by atoms with Crippen molar-refractivity contribution in [2.24, 2.45) is 0 Å². The molecule has 3 rings (SSSR count). The fourth-order valence-electron chi connectivity index (χ4n) is 3.58. The highest BCUT2D eigenvalue weighted by Gasteiger charge is 2.36. The number of aromatic nitrogens is 1. The molecule has 1 N–H and O–H groups in total. The minimum atomic E-state index is -0.704. The molecular formula is C19H24N2O2. The van der Waals surface area contributed by atoms with Crippen LogP contribution < -0.4 is 0 Å². The lowest BCUT2D eigenvalue weighted by Gasteiger charge is -2.31. The topological polar surface area (TPSA) is 53.4 Å². The number of rotatable bonds is 6. The molecular weight excluding hydrogens is 288 g/mol. The summed E-state index contributed by atoms with van der Waals surface area (Å²) in [5.41, 5.74) is 1.99. The van der Waals surface area contributed by atoms with E-state index in [4.69, 9.17) is 4.98 Å². The Morgan fingerprint density at radius 1 is 1.35 bits per heavy atom. The number of carboxylic acid groups (broad SMARTS) is 1. The number of carboxylic acids is 1. The number of benzene rings is 1. The van der Waals surface area contributed by atoms with Crippen LogP contribution in [0.5, 0.6) is 0 Å². The van der Waals surface area contributed by atoms with Gasteiger partial charge in [-0.1, -0.05) is 44.0 Å². The maximum Gasteiger partial charge on any atom is 0.320 e. The van der Waals surface area contributed by atoms with Crippen molar-refractivity contribution in [1.29, 1.82) is 0 Å². The molecule has 23 heavy (non-hydrogen) atoms. The Morgan fingerprint density at radius 2 is 2.17 bits per heavy atom. The van der Waals surface area contributed by atoms with Gasteiger partial charge >= 0.3 is 5.97 Å². The molecule has 4 heteroatoms. The molecule has 1 fully saturated rings. The first-order valence-electron chi connectivity index (χ1n) is 8.55. The van der Waals surface area contributed by atoms with Crippen molar-refractivity contribution in [2.45, 2.75) is 51.1 Å². The number of carbonyl (C=O) groups is 1. The van der Waals surface area contributed by atoms with Crippen molar-refractivity contribution >= 4 is 16.9 Å². The third-order valence-corrected chi connectivity index (χ3v) is 4.77. The van der Waals surface area contributed by atoms with Gasteiger partial charge in [0.25, 0.3) is 0 Å². The average Bonchev–Trinajstić information content (AvgIpc) is 3.05. The van der Waals surface area contributed by atoms with Gasteiger partial charge in [-0.25, -0.2) is 0 Å². The minimum absolute atomic E-state index is 0.100. The standard InChI is InChI=1S/C19H24N2O2/c1-2-3-9-17(21-13-6-10-18(21)19(22)23)16-12-11-14-7-4-5-8-15(14)20-16/h4-5,7-8,11-12,17-18H,2-3,6,9-10,13H2,1H3,(H,22,23). The Labute approximate surface area is 137 Å². The SMILES string of the molecule is CCCCC(c1ccc2ccccc2n1)N1CCCC1C(=O)O. The Balaban J connectivity index is 1.95. The van der Waals surface area contributed by atoms with Crippen molar-refractivity contribution in [1.82, 2.24) is 9.88 Å². The molecule has 122 valence electrons. The summed E-state index contributed by atoms with van der Waals surface area (Å²) in [4.78, 5) is 18.6. The van der Waals surface area contributed by atoms with Gasteiger partial charge in [-0.3, -0.25) is 14.7 Å². The number of para-hydroxylation sites is 1. The molecule has 2 unspecified atom stereocenters. The van der Waals surface area contributed by atoms with E-state index in [-0.39, 0.29) is 12.1 Å². The third-order valence-electron chi connectivity index (χ3n) is 4.77.